The predicted octanol–water partition coefficient (Wildman–Crippen LogP) is 5.15. The standard InChI is InChI=1S/C29H19I2S.ClHO4/c30-26-14-10-23(11-15-26)28-18-25(19-29(32-28)24-12-16-27(31)17-13-24)22-8-6-21(7-9-22)20-4-2-1-3-5-20;2-1(3,4)5/h1-19H;(H,2,3,4,5)/q+1;/p-1. The lowest BCUT2D eigenvalue weighted by atomic mass is 9.99. The molecule has 0 saturated carbocycles. The van der Waals surface area contributed by atoms with Gasteiger partial charge in [0.15, 0.2) is 0 Å². The van der Waals surface area contributed by atoms with E-state index < -0.39 is 10.2 Å². The van der Waals surface area contributed by atoms with Gasteiger partial charge in [-0.05, 0) is 116 Å². The van der Waals surface area contributed by atoms with E-state index in [0.29, 0.717) is 0 Å². The molecule has 0 radical (unpaired) electrons. The van der Waals surface area contributed by atoms with Crippen LogP contribution >= 0.6 is 56.5 Å². The lowest BCUT2D eigenvalue weighted by Gasteiger charge is -2.17. The first-order valence-electron chi connectivity index (χ1n) is 10.9. The predicted molar refractivity (Wildman–Crippen MR) is 156 cm³/mol. The lowest BCUT2D eigenvalue weighted by Crippen LogP contribution is -2.68. The minimum absolute atomic E-state index is 1.23. The molecule has 0 atom stereocenters. The number of rotatable bonds is 4. The third kappa shape index (κ3) is 8.52. The average Bonchev–Trinajstić information content (AvgIpc) is 2.89. The molecule has 0 bridgehead atoms. The van der Waals surface area contributed by atoms with E-state index >= 15 is 0 Å². The molecule has 5 aromatic rings. The van der Waals surface area contributed by atoms with Crippen LogP contribution < -0.4 is 18.6 Å². The maximum Gasteiger partial charge on any atom is 0.239 e. The Morgan fingerprint density at radius 3 is 1.16 bits per heavy atom. The van der Waals surface area contributed by atoms with Crippen LogP contribution in [-0.2, 0) is 0 Å². The van der Waals surface area contributed by atoms with Crippen molar-refractivity contribution in [2.75, 3.05) is 0 Å². The monoisotopic (exact) mass is 752 g/mol. The highest BCUT2D eigenvalue weighted by atomic mass is 127. The van der Waals surface area contributed by atoms with Crippen LogP contribution in [0.3, 0.4) is 0 Å². The van der Waals surface area contributed by atoms with Gasteiger partial charge >= 0.3 is 0 Å². The Bertz CT molecular complexity index is 1390. The summed E-state index contributed by atoms with van der Waals surface area (Å²) in [4.78, 5) is 2.55. The van der Waals surface area contributed by atoms with E-state index in [4.69, 9.17) is 18.6 Å². The van der Waals surface area contributed by atoms with Gasteiger partial charge in [0, 0.05) is 30.4 Å². The van der Waals surface area contributed by atoms with E-state index in [1.54, 1.807) is 0 Å². The van der Waals surface area contributed by atoms with Crippen LogP contribution in [0.5, 0.6) is 0 Å². The molecule has 5 rings (SSSR count). The summed E-state index contributed by atoms with van der Waals surface area (Å²) < 4.78 is 36.5. The van der Waals surface area contributed by atoms with Gasteiger partial charge in [0.2, 0.25) is 21.1 Å². The third-order valence-electron chi connectivity index (χ3n) is 5.38. The Labute approximate surface area is 248 Å². The van der Waals surface area contributed by atoms with Crippen LogP contribution in [0.1, 0.15) is 0 Å². The molecule has 8 heteroatoms. The van der Waals surface area contributed by atoms with Crippen LogP contribution in [0.15, 0.2) is 115 Å². The molecule has 0 spiro atoms. The summed E-state index contributed by atoms with van der Waals surface area (Å²) in [6, 6.07) is 41.6. The Hall–Kier alpha value is -1.96. The summed E-state index contributed by atoms with van der Waals surface area (Å²) in [6.45, 7) is 0. The molecule has 0 fully saturated rings. The number of benzene rings is 4. The zero-order valence-corrected chi connectivity index (χ0v) is 25.0. The smallest absolute Gasteiger partial charge is 0.222 e. The van der Waals surface area contributed by atoms with Crippen molar-refractivity contribution in [1.29, 1.82) is 0 Å². The second kappa shape index (κ2) is 12.7. The van der Waals surface area contributed by atoms with Gasteiger partial charge in [-0.3, -0.25) is 0 Å². The van der Waals surface area contributed by atoms with Gasteiger partial charge in [0.25, 0.3) is 0 Å². The largest absolute Gasteiger partial charge is 0.239 e. The second-order valence-electron chi connectivity index (χ2n) is 7.91. The quantitative estimate of drug-likeness (QED) is 0.188. The van der Waals surface area contributed by atoms with Gasteiger partial charge in [0.05, 0.1) is 0 Å². The van der Waals surface area contributed by atoms with Crippen molar-refractivity contribution in [1.82, 2.24) is 0 Å². The summed E-state index contributed by atoms with van der Waals surface area (Å²) in [5.74, 6) is 0. The van der Waals surface area contributed by atoms with Crippen molar-refractivity contribution in [2.45, 2.75) is 0 Å². The molecule has 1 aromatic heterocycles. The Morgan fingerprint density at radius 2 is 0.757 bits per heavy atom. The van der Waals surface area contributed by atoms with Crippen LogP contribution in [0.2, 0.25) is 0 Å². The van der Waals surface area contributed by atoms with Gasteiger partial charge in [-0.2, -0.15) is 0 Å². The first-order valence-corrected chi connectivity index (χ1v) is 15.1. The fraction of sp³-hybridized carbons (Fsp3) is 0. The van der Waals surface area contributed by atoms with Gasteiger partial charge < -0.3 is 0 Å². The molecule has 186 valence electrons. The van der Waals surface area contributed by atoms with Crippen molar-refractivity contribution in [3.8, 4) is 43.1 Å². The molecule has 0 aliphatic rings. The maximum absolute atomic E-state index is 8.49. The average molecular weight is 753 g/mol. The van der Waals surface area contributed by atoms with Crippen LogP contribution in [0.25, 0.3) is 43.1 Å². The first kappa shape index (κ1) is 28.1. The zero-order valence-electron chi connectivity index (χ0n) is 19.1. The highest BCUT2D eigenvalue weighted by molar-refractivity contribution is 14.1. The highest BCUT2D eigenvalue weighted by Crippen LogP contribution is 2.38. The minimum atomic E-state index is -4.94. The molecular weight excluding hydrogens is 734 g/mol. The highest BCUT2D eigenvalue weighted by Gasteiger charge is 2.19. The fourth-order valence-corrected chi connectivity index (χ4v) is 5.50. The van der Waals surface area contributed by atoms with Crippen molar-refractivity contribution >= 4 is 56.5 Å². The Morgan fingerprint density at radius 1 is 0.432 bits per heavy atom. The SMILES string of the molecule is Ic1ccc(-c2cc(-c3ccc(-c4ccccc4)cc3)cc(-c3ccc(I)cc3)[s+]2)cc1.[O-][Cl+3]([O-])([O-])[O-]. The lowest BCUT2D eigenvalue weighted by molar-refractivity contribution is -2.00. The molecule has 4 aromatic carbocycles. The van der Waals surface area contributed by atoms with Crippen LogP contribution in [0, 0.1) is 17.4 Å². The molecular formula is C29H19ClI2O4S. The molecule has 0 aliphatic heterocycles. The van der Waals surface area contributed by atoms with E-state index in [2.05, 4.69) is 160 Å². The number of hydrogen-bond acceptors (Lipinski definition) is 4. The number of halogens is 3. The van der Waals surface area contributed by atoms with Crippen molar-refractivity contribution in [3.63, 3.8) is 0 Å². The summed E-state index contributed by atoms with van der Waals surface area (Å²) in [6.07, 6.45) is 0. The van der Waals surface area contributed by atoms with Gasteiger partial charge in [-0.25, -0.2) is 18.6 Å². The second-order valence-corrected chi connectivity index (χ2v) is 12.2. The summed E-state index contributed by atoms with van der Waals surface area (Å²) in [5.41, 5.74) is 7.47. The van der Waals surface area contributed by atoms with Crippen LogP contribution in [0.4, 0.5) is 0 Å². The van der Waals surface area contributed by atoms with Gasteiger partial charge in [-0.15, -0.1) is 10.2 Å². The molecule has 0 saturated heterocycles. The Kier molecular flexibility index (Phi) is 9.65. The minimum Gasteiger partial charge on any atom is -0.222 e. The van der Waals surface area contributed by atoms with Gasteiger partial charge in [-0.1, -0.05) is 54.6 Å². The van der Waals surface area contributed by atoms with Crippen LogP contribution in [-0.4, -0.2) is 0 Å². The topological polar surface area (TPSA) is 92.2 Å². The van der Waals surface area contributed by atoms with Gasteiger partial charge in [0.1, 0.15) is 0 Å². The molecule has 37 heavy (non-hydrogen) atoms. The van der Waals surface area contributed by atoms with Crippen molar-refractivity contribution < 1.29 is 28.9 Å². The fourth-order valence-electron chi connectivity index (χ4n) is 3.67. The molecule has 0 aliphatic carbocycles. The first-order chi connectivity index (χ1) is 17.7. The van der Waals surface area contributed by atoms with E-state index in [1.807, 2.05) is 11.3 Å². The van der Waals surface area contributed by atoms with Crippen molar-refractivity contribution in [3.05, 3.63) is 122 Å². The normalized spacial score (nSPS) is 11.0. The summed E-state index contributed by atoms with van der Waals surface area (Å²) in [7, 11) is -4.94. The Balaban J connectivity index is 0.000000586. The van der Waals surface area contributed by atoms with E-state index in [9.17, 15) is 0 Å². The zero-order chi connectivity index (χ0) is 26.4. The molecule has 4 nitrogen and oxygen atoms in total. The van der Waals surface area contributed by atoms with E-state index in [1.165, 1.54) is 50.3 Å². The third-order valence-corrected chi connectivity index (χ3v) is 7.96. The summed E-state index contributed by atoms with van der Waals surface area (Å²) in [5, 5.41) is 0. The molecule has 1 heterocycles. The molecule has 0 unspecified atom stereocenters. The van der Waals surface area contributed by atoms with E-state index in [-0.39, 0.29) is 0 Å². The maximum atomic E-state index is 8.49. The summed E-state index contributed by atoms with van der Waals surface area (Å²) >= 11 is 6.57. The number of hydrogen-bond donors (Lipinski definition) is 0. The van der Waals surface area contributed by atoms with Crippen molar-refractivity contribution in [2.24, 2.45) is 0 Å². The molecule has 0 N–H and O–H groups in total. The van der Waals surface area contributed by atoms with E-state index in [0.717, 1.165) is 0 Å². The molecule has 0 amide bonds.